The fourth-order valence-corrected chi connectivity index (χ4v) is 2.39. The fourth-order valence-electron chi connectivity index (χ4n) is 2.28. The maximum atomic E-state index is 5.88. The third kappa shape index (κ3) is 3.11. The summed E-state index contributed by atoms with van der Waals surface area (Å²) < 4.78 is 5.88. The number of nitrogens with zero attached hydrogens (tertiary/aromatic N) is 1. The normalized spacial score (nSPS) is 25.4. The van der Waals surface area contributed by atoms with Crippen molar-refractivity contribution in [3.63, 3.8) is 0 Å². The summed E-state index contributed by atoms with van der Waals surface area (Å²) in [7, 11) is 0. The zero-order valence-corrected chi connectivity index (χ0v) is 10.4. The molecule has 0 N–H and O–H groups in total. The molecular formula is C13H18ClNO. The van der Waals surface area contributed by atoms with E-state index in [1.54, 1.807) is 12.3 Å². The van der Waals surface area contributed by atoms with Gasteiger partial charge in [0.15, 0.2) is 0 Å². The van der Waals surface area contributed by atoms with Crippen molar-refractivity contribution in [3.05, 3.63) is 23.5 Å². The number of pyridine rings is 1. The molecule has 0 aromatic carbocycles. The second kappa shape index (κ2) is 5.53. The van der Waals surface area contributed by atoms with E-state index in [0.717, 1.165) is 11.7 Å². The number of rotatable bonds is 3. The summed E-state index contributed by atoms with van der Waals surface area (Å²) in [6, 6.07) is 3.66. The number of ether oxygens (including phenoxy) is 1. The minimum Gasteiger partial charge on any atom is -0.489 e. The van der Waals surface area contributed by atoms with Crippen LogP contribution in [0.25, 0.3) is 0 Å². The van der Waals surface area contributed by atoms with Crippen molar-refractivity contribution in [1.82, 2.24) is 4.98 Å². The Hall–Kier alpha value is -0.760. The highest BCUT2D eigenvalue weighted by Crippen LogP contribution is 2.29. The Labute approximate surface area is 102 Å². The molecule has 88 valence electrons. The van der Waals surface area contributed by atoms with E-state index in [1.165, 1.54) is 32.1 Å². The Kier molecular flexibility index (Phi) is 4.05. The maximum absolute atomic E-state index is 5.88. The summed E-state index contributed by atoms with van der Waals surface area (Å²) in [4.78, 5) is 4.02. The highest BCUT2D eigenvalue weighted by Gasteiger charge is 2.21. The van der Waals surface area contributed by atoms with Crippen LogP contribution in [-0.4, -0.2) is 11.1 Å². The van der Waals surface area contributed by atoms with Crippen LogP contribution in [0.1, 0.15) is 39.0 Å². The molecule has 0 aliphatic heterocycles. The number of aromatic nitrogens is 1. The second-order valence-electron chi connectivity index (χ2n) is 4.49. The average Bonchev–Trinajstić information content (AvgIpc) is 2.33. The molecule has 1 saturated carbocycles. The average molecular weight is 240 g/mol. The molecule has 1 aromatic heterocycles. The molecule has 16 heavy (non-hydrogen) atoms. The lowest BCUT2D eigenvalue weighted by Crippen LogP contribution is -2.23. The van der Waals surface area contributed by atoms with Gasteiger partial charge in [-0.1, -0.05) is 24.9 Å². The van der Waals surface area contributed by atoms with E-state index in [-0.39, 0.29) is 0 Å². The molecular weight excluding hydrogens is 222 g/mol. The van der Waals surface area contributed by atoms with Gasteiger partial charge in [0.1, 0.15) is 10.9 Å². The van der Waals surface area contributed by atoms with Gasteiger partial charge in [-0.15, -0.1) is 0 Å². The predicted molar refractivity (Wildman–Crippen MR) is 65.9 cm³/mol. The van der Waals surface area contributed by atoms with Gasteiger partial charge < -0.3 is 4.74 Å². The number of hydrogen-bond acceptors (Lipinski definition) is 2. The van der Waals surface area contributed by atoms with Crippen molar-refractivity contribution in [3.8, 4) is 5.75 Å². The van der Waals surface area contributed by atoms with Gasteiger partial charge in [0.05, 0.1) is 12.3 Å². The zero-order valence-electron chi connectivity index (χ0n) is 9.66. The molecule has 0 atom stereocenters. The van der Waals surface area contributed by atoms with Crippen LogP contribution in [-0.2, 0) is 0 Å². The molecule has 1 aliphatic carbocycles. The lowest BCUT2D eigenvalue weighted by Gasteiger charge is -2.28. The topological polar surface area (TPSA) is 22.1 Å². The maximum Gasteiger partial charge on any atom is 0.138 e. The van der Waals surface area contributed by atoms with Crippen LogP contribution in [0, 0.1) is 5.92 Å². The summed E-state index contributed by atoms with van der Waals surface area (Å²) >= 11 is 5.73. The Morgan fingerprint density at radius 1 is 1.31 bits per heavy atom. The SMILES string of the molecule is CCC1CCC(Oc2ccc(Cl)nc2)CC1. The molecule has 0 spiro atoms. The monoisotopic (exact) mass is 239 g/mol. The van der Waals surface area contributed by atoms with E-state index >= 15 is 0 Å². The Morgan fingerprint density at radius 2 is 2.06 bits per heavy atom. The Balaban J connectivity index is 1.84. The van der Waals surface area contributed by atoms with Crippen molar-refractivity contribution in [1.29, 1.82) is 0 Å². The van der Waals surface area contributed by atoms with Gasteiger partial charge in [-0.3, -0.25) is 0 Å². The van der Waals surface area contributed by atoms with Crippen molar-refractivity contribution in [2.75, 3.05) is 0 Å². The first-order chi connectivity index (χ1) is 7.78. The van der Waals surface area contributed by atoms with Crippen LogP contribution in [0.15, 0.2) is 18.3 Å². The summed E-state index contributed by atoms with van der Waals surface area (Å²) in [5.41, 5.74) is 0. The summed E-state index contributed by atoms with van der Waals surface area (Å²) in [5, 5.41) is 0.516. The van der Waals surface area contributed by atoms with Crippen LogP contribution in [0.3, 0.4) is 0 Å². The minimum atomic E-state index is 0.366. The van der Waals surface area contributed by atoms with Gasteiger partial charge in [-0.2, -0.15) is 0 Å². The van der Waals surface area contributed by atoms with E-state index in [2.05, 4.69) is 11.9 Å². The van der Waals surface area contributed by atoms with Crippen molar-refractivity contribution in [2.24, 2.45) is 5.92 Å². The van der Waals surface area contributed by atoms with E-state index in [0.29, 0.717) is 11.3 Å². The molecule has 1 fully saturated rings. The lowest BCUT2D eigenvalue weighted by atomic mass is 9.86. The lowest BCUT2D eigenvalue weighted by molar-refractivity contribution is 0.129. The number of halogens is 1. The first-order valence-corrected chi connectivity index (χ1v) is 6.44. The molecule has 0 amide bonds. The molecule has 1 aromatic rings. The summed E-state index contributed by atoms with van der Waals surface area (Å²) in [6.07, 6.45) is 8.29. The molecule has 0 bridgehead atoms. The van der Waals surface area contributed by atoms with E-state index in [1.807, 2.05) is 6.07 Å². The van der Waals surface area contributed by atoms with E-state index in [4.69, 9.17) is 16.3 Å². The first kappa shape index (κ1) is 11.7. The summed E-state index contributed by atoms with van der Waals surface area (Å²) in [6.45, 7) is 2.27. The molecule has 0 saturated heterocycles. The highest BCUT2D eigenvalue weighted by atomic mass is 35.5. The van der Waals surface area contributed by atoms with Crippen molar-refractivity contribution < 1.29 is 4.74 Å². The summed E-state index contributed by atoms with van der Waals surface area (Å²) in [5.74, 6) is 1.74. The molecule has 1 heterocycles. The van der Waals surface area contributed by atoms with Gasteiger partial charge in [-0.25, -0.2) is 4.98 Å². The minimum absolute atomic E-state index is 0.366. The van der Waals surface area contributed by atoms with Gasteiger partial charge in [-0.05, 0) is 43.7 Å². The Morgan fingerprint density at radius 3 is 2.62 bits per heavy atom. The van der Waals surface area contributed by atoms with E-state index in [9.17, 15) is 0 Å². The molecule has 2 nitrogen and oxygen atoms in total. The molecule has 3 heteroatoms. The van der Waals surface area contributed by atoms with Crippen LogP contribution >= 0.6 is 11.6 Å². The van der Waals surface area contributed by atoms with Crippen LogP contribution in [0.2, 0.25) is 5.15 Å². The van der Waals surface area contributed by atoms with Crippen LogP contribution in [0.4, 0.5) is 0 Å². The zero-order chi connectivity index (χ0) is 11.4. The van der Waals surface area contributed by atoms with E-state index < -0.39 is 0 Å². The first-order valence-electron chi connectivity index (χ1n) is 6.06. The smallest absolute Gasteiger partial charge is 0.138 e. The van der Waals surface area contributed by atoms with Gasteiger partial charge in [0.25, 0.3) is 0 Å². The van der Waals surface area contributed by atoms with Crippen LogP contribution in [0.5, 0.6) is 5.75 Å². The Bertz CT molecular complexity index is 317. The van der Waals surface area contributed by atoms with Crippen molar-refractivity contribution in [2.45, 2.75) is 45.1 Å². The third-order valence-corrected chi connectivity index (χ3v) is 3.60. The predicted octanol–water partition coefficient (Wildman–Crippen LogP) is 4.08. The number of hydrogen-bond donors (Lipinski definition) is 0. The van der Waals surface area contributed by atoms with Crippen molar-refractivity contribution >= 4 is 11.6 Å². The van der Waals surface area contributed by atoms with Crippen LogP contribution < -0.4 is 4.74 Å². The second-order valence-corrected chi connectivity index (χ2v) is 4.87. The van der Waals surface area contributed by atoms with Gasteiger partial charge in [0.2, 0.25) is 0 Å². The van der Waals surface area contributed by atoms with Gasteiger partial charge in [0, 0.05) is 0 Å². The molecule has 1 aliphatic rings. The third-order valence-electron chi connectivity index (χ3n) is 3.37. The van der Waals surface area contributed by atoms with Gasteiger partial charge >= 0.3 is 0 Å². The molecule has 0 unspecified atom stereocenters. The standard InChI is InChI=1S/C13H18ClNO/c1-2-10-3-5-11(6-4-10)16-12-7-8-13(14)15-9-12/h7-11H,2-6H2,1H3. The highest BCUT2D eigenvalue weighted by molar-refractivity contribution is 6.29. The quantitative estimate of drug-likeness (QED) is 0.742. The largest absolute Gasteiger partial charge is 0.489 e. The molecule has 0 radical (unpaired) electrons. The fraction of sp³-hybridized carbons (Fsp3) is 0.615. The molecule has 2 rings (SSSR count).